The number of alkyl carbamates (subject to hydrolysis) is 1. The van der Waals surface area contributed by atoms with Crippen molar-refractivity contribution in [3.05, 3.63) is 35.9 Å². The van der Waals surface area contributed by atoms with Crippen LogP contribution in [-0.4, -0.2) is 46.7 Å². The van der Waals surface area contributed by atoms with Gasteiger partial charge in [-0.1, -0.05) is 43.2 Å². The molecule has 3 rings (SSSR count). The summed E-state index contributed by atoms with van der Waals surface area (Å²) in [6, 6.07) is 9.96. The molecule has 136 valence electrons. The topological polar surface area (TPSA) is 78.9 Å². The Balaban J connectivity index is 1.56. The van der Waals surface area contributed by atoms with E-state index in [1.165, 1.54) is 0 Å². The van der Waals surface area contributed by atoms with Crippen molar-refractivity contribution in [2.45, 2.75) is 63.3 Å². The number of carboxylic acid groups (broad SMARTS) is 1. The molecule has 0 unspecified atom stereocenters. The Kier molecular flexibility index (Phi) is 5.91. The van der Waals surface area contributed by atoms with E-state index < -0.39 is 12.1 Å². The maximum atomic E-state index is 12.2. The van der Waals surface area contributed by atoms with Gasteiger partial charge < -0.3 is 15.2 Å². The summed E-state index contributed by atoms with van der Waals surface area (Å²) in [6.07, 6.45) is 5.59. The van der Waals surface area contributed by atoms with E-state index in [1.54, 1.807) is 0 Å². The summed E-state index contributed by atoms with van der Waals surface area (Å²) in [5, 5.41) is 12.2. The van der Waals surface area contributed by atoms with Gasteiger partial charge in [-0.25, -0.2) is 4.79 Å². The summed E-state index contributed by atoms with van der Waals surface area (Å²) in [4.78, 5) is 25.5. The summed E-state index contributed by atoms with van der Waals surface area (Å²) < 4.78 is 5.33. The average molecular weight is 346 g/mol. The number of nitrogens with zero attached hydrogens (tertiary/aromatic N) is 1. The first-order chi connectivity index (χ1) is 12.1. The van der Waals surface area contributed by atoms with Crippen LogP contribution in [0.5, 0.6) is 0 Å². The third-order valence-electron chi connectivity index (χ3n) is 5.01. The van der Waals surface area contributed by atoms with Crippen LogP contribution >= 0.6 is 0 Å². The Labute approximate surface area is 148 Å². The van der Waals surface area contributed by atoms with E-state index in [-0.39, 0.29) is 25.2 Å². The average Bonchev–Trinajstić information content (AvgIpc) is 3.44. The maximum Gasteiger partial charge on any atom is 0.407 e. The minimum atomic E-state index is -0.803. The summed E-state index contributed by atoms with van der Waals surface area (Å²) in [6.45, 7) is 0.290. The van der Waals surface area contributed by atoms with Crippen molar-refractivity contribution in [1.29, 1.82) is 0 Å². The van der Waals surface area contributed by atoms with E-state index >= 15 is 0 Å². The zero-order valence-corrected chi connectivity index (χ0v) is 14.4. The van der Waals surface area contributed by atoms with Gasteiger partial charge in [-0.2, -0.15) is 0 Å². The van der Waals surface area contributed by atoms with Gasteiger partial charge in [0.25, 0.3) is 0 Å². The molecule has 2 N–H and O–H groups in total. The van der Waals surface area contributed by atoms with Crippen LogP contribution in [0.1, 0.15) is 44.1 Å². The van der Waals surface area contributed by atoms with Gasteiger partial charge in [-0.05, 0) is 31.2 Å². The molecule has 0 aliphatic heterocycles. The van der Waals surface area contributed by atoms with Crippen LogP contribution in [0.15, 0.2) is 30.3 Å². The molecule has 0 saturated heterocycles. The van der Waals surface area contributed by atoms with Crippen molar-refractivity contribution in [2.24, 2.45) is 0 Å². The number of carbonyl (C=O) groups excluding carboxylic acids is 1. The Morgan fingerprint density at radius 2 is 1.84 bits per heavy atom. The SMILES string of the molecule is O=C(O)CN(C1CC1)[C@H]1CCCC[C@H]1NC(=O)OCc1ccccc1. The van der Waals surface area contributed by atoms with Gasteiger partial charge in [0, 0.05) is 18.1 Å². The number of carboxylic acids is 1. The smallest absolute Gasteiger partial charge is 0.407 e. The number of rotatable bonds is 7. The van der Waals surface area contributed by atoms with E-state index in [4.69, 9.17) is 4.74 Å². The minimum Gasteiger partial charge on any atom is -0.480 e. The Morgan fingerprint density at radius 1 is 1.12 bits per heavy atom. The van der Waals surface area contributed by atoms with Crippen LogP contribution in [0, 0.1) is 0 Å². The second kappa shape index (κ2) is 8.34. The zero-order valence-electron chi connectivity index (χ0n) is 14.4. The number of aliphatic carboxylic acids is 1. The molecule has 2 atom stereocenters. The number of amides is 1. The third-order valence-corrected chi connectivity index (χ3v) is 5.01. The fourth-order valence-corrected chi connectivity index (χ4v) is 3.67. The number of nitrogens with one attached hydrogen (secondary N) is 1. The molecule has 2 aliphatic rings. The fourth-order valence-electron chi connectivity index (χ4n) is 3.67. The van der Waals surface area contributed by atoms with Crippen molar-refractivity contribution in [2.75, 3.05) is 6.54 Å². The van der Waals surface area contributed by atoms with Crippen LogP contribution in [0.25, 0.3) is 0 Å². The Morgan fingerprint density at radius 3 is 2.52 bits per heavy atom. The van der Waals surface area contributed by atoms with Crippen LogP contribution in [0.3, 0.4) is 0 Å². The lowest BCUT2D eigenvalue weighted by atomic mass is 9.89. The van der Waals surface area contributed by atoms with Crippen LogP contribution in [0.4, 0.5) is 4.79 Å². The summed E-state index contributed by atoms with van der Waals surface area (Å²) in [5.41, 5.74) is 0.948. The Hall–Kier alpha value is -2.08. The summed E-state index contributed by atoms with van der Waals surface area (Å²) in [7, 11) is 0. The van der Waals surface area contributed by atoms with E-state index in [1.807, 2.05) is 30.3 Å². The molecule has 2 aliphatic carbocycles. The first-order valence-electron chi connectivity index (χ1n) is 9.08. The second-order valence-corrected chi connectivity index (χ2v) is 6.96. The molecule has 2 saturated carbocycles. The monoisotopic (exact) mass is 346 g/mol. The number of benzene rings is 1. The van der Waals surface area contributed by atoms with E-state index in [9.17, 15) is 14.7 Å². The molecule has 25 heavy (non-hydrogen) atoms. The quantitative estimate of drug-likeness (QED) is 0.794. The standard InChI is InChI=1S/C19H26N2O4/c22-18(23)12-21(15-10-11-15)17-9-5-4-8-16(17)20-19(24)25-13-14-6-2-1-3-7-14/h1-3,6-7,15-17H,4-5,8-13H2,(H,20,24)(H,22,23)/t16-,17+/m1/s1. The number of hydrogen-bond donors (Lipinski definition) is 2. The highest BCUT2D eigenvalue weighted by molar-refractivity contribution is 5.69. The molecule has 1 amide bonds. The highest BCUT2D eigenvalue weighted by atomic mass is 16.5. The van der Waals surface area contributed by atoms with Crippen molar-refractivity contribution >= 4 is 12.1 Å². The molecule has 0 spiro atoms. The van der Waals surface area contributed by atoms with Gasteiger partial charge in [0.2, 0.25) is 0 Å². The first-order valence-corrected chi connectivity index (χ1v) is 9.08. The van der Waals surface area contributed by atoms with Crippen molar-refractivity contribution in [3.8, 4) is 0 Å². The largest absolute Gasteiger partial charge is 0.480 e. The van der Waals surface area contributed by atoms with Gasteiger partial charge >= 0.3 is 12.1 Å². The van der Waals surface area contributed by atoms with Gasteiger partial charge in [-0.15, -0.1) is 0 Å². The highest BCUT2D eigenvalue weighted by Crippen LogP contribution is 2.33. The van der Waals surface area contributed by atoms with Crippen molar-refractivity contribution in [3.63, 3.8) is 0 Å². The fraction of sp³-hybridized carbons (Fsp3) is 0.579. The number of hydrogen-bond acceptors (Lipinski definition) is 4. The summed E-state index contributed by atoms with van der Waals surface area (Å²) >= 11 is 0. The predicted molar refractivity (Wildman–Crippen MR) is 93.2 cm³/mol. The minimum absolute atomic E-state index is 0.0445. The first kappa shape index (κ1) is 17.7. The van der Waals surface area contributed by atoms with E-state index in [0.29, 0.717) is 6.04 Å². The molecular weight excluding hydrogens is 320 g/mol. The molecule has 0 aromatic heterocycles. The lowest BCUT2D eigenvalue weighted by Gasteiger charge is -2.39. The predicted octanol–water partition coefficient (Wildman–Crippen LogP) is 2.77. The van der Waals surface area contributed by atoms with Crippen LogP contribution < -0.4 is 5.32 Å². The molecule has 0 bridgehead atoms. The van der Waals surface area contributed by atoms with E-state index in [2.05, 4.69) is 10.2 Å². The van der Waals surface area contributed by atoms with Gasteiger partial charge in [0.05, 0.1) is 6.54 Å². The number of carbonyl (C=O) groups is 2. The lowest BCUT2D eigenvalue weighted by molar-refractivity contribution is -0.139. The lowest BCUT2D eigenvalue weighted by Crippen LogP contribution is -2.55. The molecule has 6 nitrogen and oxygen atoms in total. The number of ether oxygens (including phenoxy) is 1. The van der Waals surface area contributed by atoms with Gasteiger partial charge in [0.1, 0.15) is 6.61 Å². The maximum absolute atomic E-state index is 12.2. The Bertz CT molecular complexity index is 588. The molecule has 0 heterocycles. The van der Waals surface area contributed by atoms with Crippen molar-refractivity contribution in [1.82, 2.24) is 10.2 Å². The van der Waals surface area contributed by atoms with E-state index in [0.717, 1.165) is 44.1 Å². The third kappa shape index (κ3) is 5.19. The van der Waals surface area contributed by atoms with Crippen LogP contribution in [-0.2, 0) is 16.1 Å². The summed E-state index contributed by atoms with van der Waals surface area (Å²) in [5.74, 6) is -0.803. The van der Waals surface area contributed by atoms with Gasteiger partial charge in [0.15, 0.2) is 0 Å². The molecule has 0 radical (unpaired) electrons. The zero-order chi connectivity index (χ0) is 17.6. The molecule has 2 fully saturated rings. The molecule has 1 aromatic rings. The second-order valence-electron chi connectivity index (χ2n) is 6.96. The van der Waals surface area contributed by atoms with Crippen molar-refractivity contribution < 1.29 is 19.4 Å². The van der Waals surface area contributed by atoms with Crippen LogP contribution in [0.2, 0.25) is 0 Å². The molecule has 6 heteroatoms. The van der Waals surface area contributed by atoms with Gasteiger partial charge in [-0.3, -0.25) is 9.69 Å². The normalized spacial score (nSPS) is 23.2. The highest BCUT2D eigenvalue weighted by Gasteiger charge is 2.40. The molecular formula is C19H26N2O4. The molecule has 1 aromatic carbocycles.